The Morgan fingerprint density at radius 2 is 1.97 bits per heavy atom. The molecule has 2 N–H and O–H groups in total. The summed E-state index contributed by atoms with van der Waals surface area (Å²) in [5.41, 5.74) is 5.65. The molecule has 6 rings (SSSR count). The lowest BCUT2D eigenvalue weighted by Gasteiger charge is -2.30. The molecule has 3 aromatic heterocycles. The SMILES string of the molecule is COC(=O)[C@H]1CC2CCCC1CC2.Nc1nc(-c2c[pH]c3ncc(F)cc23)c(F)cc1F. The van der Waals surface area contributed by atoms with Gasteiger partial charge in [-0.1, -0.05) is 19.3 Å². The monoisotopic (exact) mass is 463 g/mol. The van der Waals surface area contributed by atoms with Gasteiger partial charge in [-0.2, -0.15) is 0 Å². The number of aromatic nitrogens is 2. The molecule has 3 aliphatic carbocycles. The molecule has 2 bridgehead atoms. The van der Waals surface area contributed by atoms with Crippen LogP contribution in [0.15, 0.2) is 24.1 Å². The lowest BCUT2D eigenvalue weighted by Crippen LogP contribution is -2.29. The lowest BCUT2D eigenvalue weighted by molar-refractivity contribution is -0.149. The number of hydrogen-bond acceptors (Lipinski definition) is 5. The number of esters is 1. The topological polar surface area (TPSA) is 78.1 Å². The molecule has 4 atom stereocenters. The fourth-order valence-electron chi connectivity index (χ4n) is 4.88. The zero-order valence-corrected chi connectivity index (χ0v) is 18.7. The highest BCUT2D eigenvalue weighted by Crippen LogP contribution is 2.43. The number of nitrogen functional groups attached to an aromatic ring is 1. The number of fused-ring (bicyclic) bond motifs is 5. The number of methoxy groups -OCH3 is 1. The number of pyridine rings is 2. The van der Waals surface area contributed by atoms with Crippen LogP contribution in [0.3, 0.4) is 0 Å². The van der Waals surface area contributed by atoms with Crippen LogP contribution in [0.25, 0.3) is 21.9 Å². The van der Waals surface area contributed by atoms with Crippen molar-refractivity contribution in [3.63, 3.8) is 0 Å². The van der Waals surface area contributed by atoms with E-state index in [1.54, 1.807) is 5.80 Å². The Hall–Kier alpha value is -2.60. The summed E-state index contributed by atoms with van der Waals surface area (Å²) in [7, 11) is 1.71. The Morgan fingerprint density at radius 3 is 2.75 bits per heavy atom. The molecule has 3 heterocycles. The van der Waals surface area contributed by atoms with Gasteiger partial charge in [-0.3, -0.25) is 4.79 Å². The van der Waals surface area contributed by atoms with Gasteiger partial charge in [0.05, 0.1) is 24.5 Å². The number of halogens is 3. The summed E-state index contributed by atoms with van der Waals surface area (Å²) in [5, 5.41) is 1.12. The van der Waals surface area contributed by atoms with E-state index >= 15 is 0 Å². The van der Waals surface area contributed by atoms with E-state index in [1.807, 2.05) is 0 Å². The van der Waals surface area contributed by atoms with Gasteiger partial charge in [-0.05, 0) is 43.0 Å². The second kappa shape index (κ2) is 9.49. The Balaban J connectivity index is 0.000000165. The summed E-state index contributed by atoms with van der Waals surface area (Å²) in [4.78, 5) is 19.1. The van der Waals surface area contributed by atoms with Crippen molar-refractivity contribution in [2.24, 2.45) is 17.8 Å². The molecule has 5 nitrogen and oxygen atoms in total. The van der Waals surface area contributed by atoms with Crippen molar-refractivity contribution in [3.8, 4) is 11.3 Å². The van der Waals surface area contributed by atoms with Crippen LogP contribution in [-0.4, -0.2) is 23.0 Å². The van der Waals surface area contributed by atoms with Gasteiger partial charge < -0.3 is 10.5 Å². The van der Waals surface area contributed by atoms with Crippen LogP contribution in [0.5, 0.6) is 0 Å². The predicted octanol–water partition coefficient (Wildman–Crippen LogP) is 5.70. The molecule has 0 amide bonds. The van der Waals surface area contributed by atoms with Gasteiger partial charge in [0.2, 0.25) is 0 Å². The first-order valence-corrected chi connectivity index (χ1v) is 11.8. The van der Waals surface area contributed by atoms with E-state index in [2.05, 4.69) is 9.97 Å². The summed E-state index contributed by atoms with van der Waals surface area (Å²) in [6, 6.07) is 1.93. The number of carbonyl (C=O) groups is 1. The number of anilines is 1. The third-order valence-corrected chi connectivity index (χ3v) is 7.61. The van der Waals surface area contributed by atoms with E-state index in [4.69, 9.17) is 10.5 Å². The minimum Gasteiger partial charge on any atom is -0.469 e. The molecule has 0 saturated heterocycles. The van der Waals surface area contributed by atoms with Crippen LogP contribution in [0, 0.1) is 35.2 Å². The molecule has 170 valence electrons. The van der Waals surface area contributed by atoms with Crippen LogP contribution in [-0.2, 0) is 9.53 Å². The zero-order valence-electron chi connectivity index (χ0n) is 17.7. The fourth-order valence-corrected chi connectivity index (χ4v) is 5.96. The third kappa shape index (κ3) is 4.60. The molecule has 3 fully saturated rings. The van der Waals surface area contributed by atoms with Gasteiger partial charge >= 0.3 is 5.97 Å². The number of nitrogens with two attached hydrogens (primary N) is 1. The van der Waals surface area contributed by atoms with E-state index < -0.39 is 23.3 Å². The minimum atomic E-state index is -0.917. The zero-order chi connectivity index (χ0) is 22.8. The van der Waals surface area contributed by atoms with Crippen LogP contribution < -0.4 is 5.73 Å². The van der Waals surface area contributed by atoms with E-state index in [9.17, 15) is 18.0 Å². The Kier molecular flexibility index (Phi) is 6.70. The number of rotatable bonds is 2. The first-order chi connectivity index (χ1) is 15.4. The highest BCUT2D eigenvalue weighted by molar-refractivity contribution is 7.36. The number of carbonyl (C=O) groups excluding carboxylic acids is 1. The Bertz CT molecular complexity index is 1130. The van der Waals surface area contributed by atoms with E-state index in [0.717, 1.165) is 18.5 Å². The Labute approximate surface area is 185 Å². The molecule has 3 unspecified atom stereocenters. The largest absolute Gasteiger partial charge is 0.469 e. The molecule has 0 radical (unpaired) electrons. The number of hydrogen-bond donors (Lipinski definition) is 1. The molecule has 3 aliphatic rings. The second-order valence-electron chi connectivity index (χ2n) is 8.44. The normalized spacial score (nSPS) is 22.4. The summed E-state index contributed by atoms with van der Waals surface area (Å²) in [5.74, 6) is 0.738. The van der Waals surface area contributed by atoms with Gasteiger partial charge in [0, 0.05) is 17.0 Å². The average Bonchev–Trinajstić information content (AvgIpc) is 2.94. The Morgan fingerprint density at radius 1 is 1.16 bits per heavy atom. The van der Waals surface area contributed by atoms with Crippen molar-refractivity contribution in [2.45, 2.75) is 38.5 Å². The molecule has 3 saturated carbocycles. The average molecular weight is 463 g/mol. The van der Waals surface area contributed by atoms with Gasteiger partial charge in [-0.25, -0.2) is 23.1 Å². The van der Waals surface area contributed by atoms with Gasteiger partial charge in [-0.15, -0.1) is 8.19 Å². The second-order valence-corrected chi connectivity index (χ2v) is 9.49. The van der Waals surface area contributed by atoms with E-state index in [1.165, 1.54) is 45.3 Å². The standard InChI is InChI=1S/C12H7F3N3P.C11H18O2/c13-5-1-6-7(4-19-12(6)17-3-5)10-8(14)2-9(15)11(16)18-10;1-13-11(12)10-7-8-3-2-4-9(10)6-5-8/h1-4,19H,(H2,16,18);8-10H,2-7H2,1H3/t;8?,9?,10-/m.0/s1. The van der Waals surface area contributed by atoms with Crippen molar-refractivity contribution in [1.82, 2.24) is 9.97 Å². The molecule has 0 spiro atoms. The molecule has 0 aromatic carbocycles. The highest BCUT2D eigenvalue weighted by Gasteiger charge is 2.37. The van der Waals surface area contributed by atoms with Crippen molar-refractivity contribution in [1.29, 1.82) is 0 Å². The molecular weight excluding hydrogens is 438 g/mol. The quantitative estimate of drug-likeness (QED) is 0.493. The van der Waals surface area contributed by atoms with Crippen molar-refractivity contribution in [3.05, 3.63) is 41.6 Å². The maximum atomic E-state index is 13.8. The summed E-state index contributed by atoms with van der Waals surface area (Å²) < 4.78 is 44.9. The maximum absolute atomic E-state index is 13.8. The van der Waals surface area contributed by atoms with Gasteiger partial charge in [0.25, 0.3) is 0 Å². The smallest absolute Gasteiger partial charge is 0.308 e. The predicted molar refractivity (Wildman–Crippen MR) is 119 cm³/mol. The number of nitrogens with zero attached hydrogens (tertiary/aromatic N) is 2. The van der Waals surface area contributed by atoms with Crippen molar-refractivity contribution >= 4 is 30.6 Å². The summed E-state index contributed by atoms with van der Waals surface area (Å²) in [6.07, 6.45) is 8.70. The minimum absolute atomic E-state index is 0.0385. The molecule has 32 heavy (non-hydrogen) atoms. The van der Waals surface area contributed by atoms with Gasteiger partial charge in [0.15, 0.2) is 17.5 Å². The maximum Gasteiger partial charge on any atom is 0.308 e. The highest BCUT2D eigenvalue weighted by atomic mass is 31.0. The van der Waals surface area contributed by atoms with E-state index in [0.29, 0.717) is 28.2 Å². The summed E-state index contributed by atoms with van der Waals surface area (Å²) >= 11 is 0. The summed E-state index contributed by atoms with van der Waals surface area (Å²) in [6.45, 7) is 0. The van der Waals surface area contributed by atoms with Crippen LogP contribution in [0.2, 0.25) is 0 Å². The van der Waals surface area contributed by atoms with Crippen LogP contribution >= 0.6 is 8.19 Å². The molecule has 3 aromatic rings. The first-order valence-electron chi connectivity index (χ1n) is 10.7. The molecule has 0 aliphatic heterocycles. The van der Waals surface area contributed by atoms with Crippen LogP contribution in [0.1, 0.15) is 38.5 Å². The van der Waals surface area contributed by atoms with Crippen molar-refractivity contribution < 1.29 is 22.7 Å². The van der Waals surface area contributed by atoms with Gasteiger partial charge in [0.1, 0.15) is 11.5 Å². The first kappa shape index (κ1) is 22.6. The van der Waals surface area contributed by atoms with Crippen molar-refractivity contribution in [2.75, 3.05) is 12.8 Å². The fraction of sp³-hybridized carbons (Fsp3) is 0.435. The third-order valence-electron chi connectivity index (χ3n) is 6.50. The molecule has 9 heteroatoms. The number of ether oxygens (including phenoxy) is 1. The molecular formula is C23H25F3N3O2P. The van der Waals surface area contributed by atoms with Crippen LogP contribution in [0.4, 0.5) is 19.0 Å². The van der Waals surface area contributed by atoms with E-state index in [-0.39, 0.29) is 25.8 Å². The lowest BCUT2D eigenvalue weighted by atomic mass is 9.75.